The first-order valence-corrected chi connectivity index (χ1v) is 5.96. The minimum absolute atomic E-state index is 0.871. The molecule has 0 aliphatic carbocycles. The average molecular weight is 221 g/mol. The van der Waals surface area contributed by atoms with E-state index in [0.29, 0.717) is 0 Å². The van der Waals surface area contributed by atoms with Gasteiger partial charge in [0.05, 0.1) is 6.20 Å². The highest BCUT2D eigenvalue weighted by molar-refractivity contribution is 7.11. The Kier molecular flexibility index (Phi) is 3.53. The molecule has 2 N–H and O–H groups in total. The van der Waals surface area contributed by atoms with Crippen LogP contribution in [0.25, 0.3) is 0 Å². The van der Waals surface area contributed by atoms with E-state index in [-0.39, 0.29) is 0 Å². The molecule has 0 atom stereocenters. The molecular formula is C11H15N3S. The lowest BCUT2D eigenvalue weighted by Gasteiger charge is -1.99. The highest BCUT2D eigenvalue weighted by Gasteiger charge is 1.98. The number of hydrogen-bond donors (Lipinski definition) is 2. The second-order valence-corrected chi connectivity index (χ2v) is 4.68. The number of aromatic nitrogens is 2. The van der Waals surface area contributed by atoms with Crippen molar-refractivity contribution >= 4 is 11.3 Å². The molecule has 0 fully saturated rings. The van der Waals surface area contributed by atoms with Crippen molar-refractivity contribution in [3.05, 3.63) is 39.8 Å². The van der Waals surface area contributed by atoms with E-state index in [4.69, 9.17) is 0 Å². The van der Waals surface area contributed by atoms with Gasteiger partial charge in [0.1, 0.15) is 0 Å². The summed E-state index contributed by atoms with van der Waals surface area (Å²) in [5.74, 6) is 0. The normalized spacial score (nSPS) is 10.7. The summed E-state index contributed by atoms with van der Waals surface area (Å²) in [5, 5.41) is 10.1. The molecule has 0 saturated carbocycles. The van der Waals surface area contributed by atoms with E-state index in [1.165, 1.54) is 15.3 Å². The topological polar surface area (TPSA) is 40.7 Å². The largest absolute Gasteiger partial charge is 0.308 e. The third-order valence-electron chi connectivity index (χ3n) is 2.25. The van der Waals surface area contributed by atoms with Crippen LogP contribution in [0.2, 0.25) is 0 Å². The summed E-state index contributed by atoms with van der Waals surface area (Å²) in [7, 11) is 0. The van der Waals surface area contributed by atoms with Gasteiger partial charge in [0.25, 0.3) is 0 Å². The van der Waals surface area contributed by atoms with Gasteiger partial charge in [-0.1, -0.05) is 6.92 Å². The van der Waals surface area contributed by atoms with Gasteiger partial charge >= 0.3 is 0 Å². The van der Waals surface area contributed by atoms with Gasteiger partial charge < -0.3 is 5.32 Å². The predicted octanol–water partition coefficient (Wildman–Crippen LogP) is 2.32. The Balaban J connectivity index is 1.78. The molecule has 0 aromatic carbocycles. The zero-order valence-electron chi connectivity index (χ0n) is 8.79. The summed E-state index contributed by atoms with van der Waals surface area (Å²) in [6.07, 6.45) is 4.89. The monoisotopic (exact) mass is 221 g/mol. The predicted molar refractivity (Wildman–Crippen MR) is 62.8 cm³/mol. The van der Waals surface area contributed by atoms with Gasteiger partial charge in [-0.15, -0.1) is 11.3 Å². The zero-order chi connectivity index (χ0) is 10.5. The van der Waals surface area contributed by atoms with Crippen molar-refractivity contribution in [1.29, 1.82) is 0 Å². The number of rotatable bonds is 5. The maximum atomic E-state index is 3.90. The fourth-order valence-corrected chi connectivity index (χ4v) is 2.34. The Morgan fingerprint density at radius 2 is 2.20 bits per heavy atom. The van der Waals surface area contributed by atoms with Crippen molar-refractivity contribution in [2.75, 3.05) is 0 Å². The SMILES string of the molecule is CCc1ccc(CNCc2cn[nH]c2)s1. The third kappa shape index (κ3) is 2.91. The Morgan fingerprint density at radius 1 is 1.33 bits per heavy atom. The fourth-order valence-electron chi connectivity index (χ4n) is 1.41. The molecule has 4 heteroatoms. The standard InChI is InChI=1S/C11H15N3S/c1-2-10-3-4-11(15-10)8-12-5-9-6-13-14-7-9/h3-4,6-7,12H,2,5,8H2,1H3,(H,13,14). The first-order chi connectivity index (χ1) is 7.38. The Hall–Kier alpha value is -1.13. The Morgan fingerprint density at radius 3 is 2.87 bits per heavy atom. The molecule has 2 aromatic heterocycles. The Labute approximate surface area is 93.5 Å². The van der Waals surface area contributed by atoms with E-state index in [1.807, 2.05) is 23.7 Å². The van der Waals surface area contributed by atoms with Crippen molar-refractivity contribution in [3.63, 3.8) is 0 Å². The van der Waals surface area contributed by atoms with Crippen LogP contribution in [0.15, 0.2) is 24.5 Å². The van der Waals surface area contributed by atoms with Crippen molar-refractivity contribution in [2.45, 2.75) is 26.4 Å². The lowest BCUT2D eigenvalue weighted by Crippen LogP contribution is -2.10. The van der Waals surface area contributed by atoms with Gasteiger partial charge in [0.2, 0.25) is 0 Å². The number of nitrogens with one attached hydrogen (secondary N) is 2. The molecule has 0 spiro atoms. The molecule has 0 amide bonds. The summed E-state index contributed by atoms with van der Waals surface area (Å²) in [4.78, 5) is 2.85. The number of aromatic amines is 1. The highest BCUT2D eigenvalue weighted by Crippen LogP contribution is 2.16. The van der Waals surface area contributed by atoms with Gasteiger partial charge in [-0.05, 0) is 18.6 Å². The smallest absolute Gasteiger partial charge is 0.0532 e. The second kappa shape index (κ2) is 5.09. The molecule has 0 aliphatic rings. The molecule has 0 aliphatic heterocycles. The molecule has 0 bridgehead atoms. The number of aryl methyl sites for hydroxylation is 1. The van der Waals surface area contributed by atoms with Crippen LogP contribution in [-0.4, -0.2) is 10.2 Å². The minimum Gasteiger partial charge on any atom is -0.308 e. The Bertz CT molecular complexity index is 392. The number of thiophene rings is 1. The molecule has 2 rings (SSSR count). The third-order valence-corrected chi connectivity index (χ3v) is 3.48. The minimum atomic E-state index is 0.871. The number of hydrogen-bond acceptors (Lipinski definition) is 3. The van der Waals surface area contributed by atoms with Crippen LogP contribution in [0.1, 0.15) is 22.2 Å². The van der Waals surface area contributed by atoms with Crippen LogP contribution < -0.4 is 5.32 Å². The summed E-state index contributed by atoms with van der Waals surface area (Å²) < 4.78 is 0. The van der Waals surface area contributed by atoms with E-state index < -0.39 is 0 Å². The molecular weight excluding hydrogens is 206 g/mol. The van der Waals surface area contributed by atoms with Gasteiger partial charge in [-0.2, -0.15) is 5.10 Å². The molecule has 2 aromatic rings. The van der Waals surface area contributed by atoms with Gasteiger partial charge in [-0.25, -0.2) is 0 Å². The highest BCUT2D eigenvalue weighted by atomic mass is 32.1. The maximum Gasteiger partial charge on any atom is 0.0532 e. The van der Waals surface area contributed by atoms with Gasteiger partial charge in [0.15, 0.2) is 0 Å². The summed E-state index contributed by atoms with van der Waals surface area (Å²) in [6, 6.07) is 4.41. The summed E-state index contributed by atoms with van der Waals surface area (Å²) in [6.45, 7) is 4.00. The van der Waals surface area contributed by atoms with Crippen molar-refractivity contribution in [3.8, 4) is 0 Å². The van der Waals surface area contributed by atoms with Gasteiger partial charge in [-0.3, -0.25) is 5.10 Å². The first kappa shape index (κ1) is 10.4. The molecule has 15 heavy (non-hydrogen) atoms. The molecule has 0 radical (unpaired) electrons. The number of H-pyrrole nitrogens is 1. The van der Waals surface area contributed by atoms with Crippen LogP contribution >= 0.6 is 11.3 Å². The fraction of sp³-hybridized carbons (Fsp3) is 0.364. The molecule has 0 saturated heterocycles. The lowest BCUT2D eigenvalue weighted by molar-refractivity contribution is 0.701. The second-order valence-electron chi connectivity index (χ2n) is 3.43. The van der Waals surface area contributed by atoms with E-state index in [0.717, 1.165) is 19.5 Å². The van der Waals surface area contributed by atoms with E-state index in [1.54, 1.807) is 0 Å². The summed E-state index contributed by atoms with van der Waals surface area (Å²) >= 11 is 1.88. The summed E-state index contributed by atoms with van der Waals surface area (Å²) in [5.41, 5.74) is 1.20. The number of nitrogens with zero attached hydrogens (tertiary/aromatic N) is 1. The van der Waals surface area contributed by atoms with Crippen LogP contribution in [0.5, 0.6) is 0 Å². The molecule has 3 nitrogen and oxygen atoms in total. The van der Waals surface area contributed by atoms with Crippen LogP contribution in [0.4, 0.5) is 0 Å². The van der Waals surface area contributed by atoms with Crippen LogP contribution in [0, 0.1) is 0 Å². The van der Waals surface area contributed by atoms with E-state index in [2.05, 4.69) is 34.6 Å². The van der Waals surface area contributed by atoms with E-state index >= 15 is 0 Å². The first-order valence-electron chi connectivity index (χ1n) is 5.14. The van der Waals surface area contributed by atoms with Gasteiger partial charge in [0, 0.05) is 34.6 Å². The zero-order valence-corrected chi connectivity index (χ0v) is 9.60. The van der Waals surface area contributed by atoms with Crippen LogP contribution in [-0.2, 0) is 19.5 Å². The van der Waals surface area contributed by atoms with Crippen molar-refractivity contribution in [1.82, 2.24) is 15.5 Å². The van der Waals surface area contributed by atoms with E-state index in [9.17, 15) is 0 Å². The quantitative estimate of drug-likeness (QED) is 0.813. The maximum absolute atomic E-state index is 3.90. The van der Waals surface area contributed by atoms with Crippen LogP contribution in [0.3, 0.4) is 0 Å². The van der Waals surface area contributed by atoms with Crippen molar-refractivity contribution in [2.24, 2.45) is 0 Å². The molecule has 80 valence electrons. The lowest BCUT2D eigenvalue weighted by atomic mass is 10.3. The van der Waals surface area contributed by atoms with Crippen molar-refractivity contribution < 1.29 is 0 Å². The molecule has 2 heterocycles. The average Bonchev–Trinajstić information content (AvgIpc) is 2.88. The molecule has 0 unspecified atom stereocenters.